The van der Waals surface area contributed by atoms with Gasteiger partial charge >= 0.3 is 6.03 Å². The Labute approximate surface area is 146 Å². The molecule has 2 aliphatic rings. The highest BCUT2D eigenvalue weighted by Gasteiger charge is 2.41. The Balaban J connectivity index is 1.35. The molecule has 1 aromatic carbocycles. The molecule has 2 aliphatic heterocycles. The van der Waals surface area contributed by atoms with Gasteiger partial charge in [0.2, 0.25) is 0 Å². The maximum atomic E-state index is 12.5. The molecule has 0 N–H and O–H groups in total. The summed E-state index contributed by atoms with van der Waals surface area (Å²) in [6.45, 7) is 6.67. The van der Waals surface area contributed by atoms with Crippen molar-refractivity contribution in [1.82, 2.24) is 19.6 Å². The van der Waals surface area contributed by atoms with E-state index in [0.717, 1.165) is 43.3 Å². The van der Waals surface area contributed by atoms with Gasteiger partial charge in [-0.15, -0.1) is 0 Å². The molecule has 126 valence electrons. The van der Waals surface area contributed by atoms with Crippen molar-refractivity contribution in [1.29, 1.82) is 0 Å². The van der Waals surface area contributed by atoms with Crippen molar-refractivity contribution in [2.24, 2.45) is 11.8 Å². The zero-order valence-electron chi connectivity index (χ0n) is 13.7. The summed E-state index contributed by atoms with van der Waals surface area (Å²) in [5, 5.41) is 4.91. The van der Waals surface area contributed by atoms with Crippen LogP contribution in [0.4, 0.5) is 4.79 Å². The lowest BCUT2D eigenvalue weighted by atomic mass is 10.0. The number of amides is 1. The predicted molar refractivity (Wildman–Crippen MR) is 93.0 cm³/mol. The highest BCUT2D eigenvalue weighted by Crippen LogP contribution is 2.32. The Morgan fingerprint density at radius 2 is 1.83 bits per heavy atom. The van der Waals surface area contributed by atoms with Crippen molar-refractivity contribution in [3.05, 3.63) is 52.8 Å². The number of aryl methyl sites for hydroxylation is 1. The van der Waals surface area contributed by atoms with Gasteiger partial charge < -0.3 is 4.90 Å². The van der Waals surface area contributed by atoms with E-state index in [1.807, 2.05) is 24.0 Å². The molecule has 0 saturated carbocycles. The van der Waals surface area contributed by atoms with Crippen LogP contribution >= 0.6 is 11.6 Å². The van der Waals surface area contributed by atoms with Crippen molar-refractivity contribution in [3.8, 4) is 0 Å². The van der Waals surface area contributed by atoms with E-state index in [1.54, 1.807) is 12.4 Å². The lowest BCUT2D eigenvalue weighted by Crippen LogP contribution is -2.36. The zero-order valence-corrected chi connectivity index (χ0v) is 14.5. The predicted octanol–water partition coefficient (Wildman–Crippen LogP) is 2.88. The molecule has 24 heavy (non-hydrogen) atoms. The van der Waals surface area contributed by atoms with E-state index >= 15 is 0 Å². The Hall–Kier alpha value is -1.85. The Morgan fingerprint density at radius 1 is 1.17 bits per heavy atom. The topological polar surface area (TPSA) is 41.4 Å². The van der Waals surface area contributed by atoms with Crippen molar-refractivity contribution >= 4 is 17.6 Å². The van der Waals surface area contributed by atoms with Gasteiger partial charge in [0.05, 0.1) is 6.20 Å². The molecule has 1 aromatic heterocycles. The number of likely N-dealkylation sites (tertiary alicyclic amines) is 2. The van der Waals surface area contributed by atoms with Crippen molar-refractivity contribution < 1.29 is 4.79 Å². The van der Waals surface area contributed by atoms with E-state index in [1.165, 1.54) is 10.2 Å². The van der Waals surface area contributed by atoms with E-state index in [0.29, 0.717) is 11.8 Å². The highest BCUT2D eigenvalue weighted by atomic mass is 35.5. The fraction of sp³-hybridized carbons (Fsp3) is 0.444. The van der Waals surface area contributed by atoms with Gasteiger partial charge in [-0.25, -0.2) is 4.79 Å². The third kappa shape index (κ3) is 3.06. The van der Waals surface area contributed by atoms with Crippen molar-refractivity contribution in [2.75, 3.05) is 26.2 Å². The molecular weight excluding hydrogens is 324 g/mol. The molecule has 2 unspecified atom stereocenters. The summed E-state index contributed by atoms with van der Waals surface area (Å²) < 4.78 is 1.46. The van der Waals surface area contributed by atoms with Crippen LogP contribution < -0.4 is 0 Å². The van der Waals surface area contributed by atoms with Crippen LogP contribution in [0.1, 0.15) is 11.1 Å². The molecule has 5 nitrogen and oxygen atoms in total. The van der Waals surface area contributed by atoms with E-state index < -0.39 is 0 Å². The van der Waals surface area contributed by atoms with Gasteiger partial charge in [0.25, 0.3) is 0 Å². The molecular formula is C18H21ClN4O. The van der Waals surface area contributed by atoms with Crippen LogP contribution in [0.25, 0.3) is 0 Å². The van der Waals surface area contributed by atoms with Crippen LogP contribution in [0, 0.1) is 18.8 Å². The van der Waals surface area contributed by atoms with Crippen LogP contribution in [0.15, 0.2) is 36.7 Å². The number of carbonyl (C=O) groups excluding carboxylic acids is 1. The van der Waals surface area contributed by atoms with Crippen LogP contribution in [0.5, 0.6) is 0 Å². The lowest BCUT2D eigenvalue weighted by molar-refractivity contribution is 0.197. The summed E-state index contributed by atoms with van der Waals surface area (Å²) in [6.07, 6.45) is 3.52. The number of benzene rings is 1. The van der Waals surface area contributed by atoms with Gasteiger partial charge in [-0.05, 0) is 42.0 Å². The third-order valence-electron chi connectivity index (χ3n) is 5.06. The van der Waals surface area contributed by atoms with E-state index in [4.69, 9.17) is 11.6 Å². The maximum Gasteiger partial charge on any atom is 0.344 e. The summed E-state index contributed by atoms with van der Waals surface area (Å²) in [5.41, 5.74) is 2.30. The van der Waals surface area contributed by atoms with Crippen LogP contribution in [0.3, 0.4) is 0 Å². The third-order valence-corrected chi connectivity index (χ3v) is 5.31. The van der Waals surface area contributed by atoms with Gasteiger partial charge in [0.15, 0.2) is 0 Å². The van der Waals surface area contributed by atoms with Gasteiger partial charge in [-0.2, -0.15) is 9.78 Å². The first-order valence-corrected chi connectivity index (χ1v) is 8.73. The Morgan fingerprint density at radius 3 is 2.42 bits per heavy atom. The number of fused-ring (bicyclic) bond motifs is 1. The monoisotopic (exact) mass is 344 g/mol. The van der Waals surface area contributed by atoms with E-state index in [9.17, 15) is 4.79 Å². The Bertz CT molecular complexity index is 728. The minimum atomic E-state index is 0.00162. The number of carbonyl (C=O) groups is 1. The summed E-state index contributed by atoms with van der Waals surface area (Å²) >= 11 is 5.95. The van der Waals surface area contributed by atoms with Crippen LogP contribution in [0.2, 0.25) is 5.02 Å². The average Bonchev–Trinajstić information content (AvgIpc) is 3.23. The van der Waals surface area contributed by atoms with Crippen LogP contribution in [-0.4, -0.2) is 51.8 Å². The number of hydrogen-bond donors (Lipinski definition) is 0. The highest BCUT2D eigenvalue weighted by molar-refractivity contribution is 6.30. The minimum absolute atomic E-state index is 0.00162. The first-order chi connectivity index (χ1) is 11.6. The van der Waals surface area contributed by atoms with Gasteiger partial charge in [-0.3, -0.25) is 4.90 Å². The minimum Gasteiger partial charge on any atom is -0.322 e. The van der Waals surface area contributed by atoms with E-state index in [-0.39, 0.29) is 6.03 Å². The molecule has 1 amide bonds. The normalized spacial score (nSPS) is 23.7. The largest absolute Gasteiger partial charge is 0.344 e. The summed E-state index contributed by atoms with van der Waals surface area (Å²) in [4.78, 5) is 16.9. The fourth-order valence-corrected chi connectivity index (χ4v) is 4.01. The second kappa shape index (κ2) is 6.22. The van der Waals surface area contributed by atoms with Gasteiger partial charge in [-0.1, -0.05) is 23.7 Å². The molecule has 0 aliphatic carbocycles. The molecule has 6 heteroatoms. The second-order valence-electron chi connectivity index (χ2n) is 6.99. The molecule has 4 rings (SSSR count). The summed E-state index contributed by atoms with van der Waals surface area (Å²) in [7, 11) is 0. The quantitative estimate of drug-likeness (QED) is 0.841. The standard InChI is InChI=1S/C18H21ClN4O/c1-13-6-20-23(7-13)18(24)22-11-15-9-21(10-16(15)12-22)8-14-2-4-17(19)5-3-14/h2-7,15-16H,8-12H2,1H3. The Kier molecular flexibility index (Phi) is 4.06. The van der Waals surface area contributed by atoms with E-state index in [2.05, 4.69) is 22.1 Å². The SMILES string of the molecule is Cc1cnn(C(=O)N2CC3CN(Cc4ccc(Cl)cc4)CC3C2)c1. The molecule has 2 aromatic rings. The molecule has 0 spiro atoms. The lowest BCUT2D eigenvalue weighted by Gasteiger charge is -2.21. The number of rotatable bonds is 2. The summed E-state index contributed by atoms with van der Waals surface area (Å²) in [6, 6.07) is 8.07. The second-order valence-corrected chi connectivity index (χ2v) is 7.43. The average molecular weight is 345 g/mol. The zero-order chi connectivity index (χ0) is 16.7. The molecule has 0 bridgehead atoms. The molecule has 2 fully saturated rings. The van der Waals surface area contributed by atoms with Crippen molar-refractivity contribution in [3.63, 3.8) is 0 Å². The fourth-order valence-electron chi connectivity index (χ4n) is 3.89. The first-order valence-electron chi connectivity index (χ1n) is 8.36. The number of hydrogen-bond acceptors (Lipinski definition) is 3. The maximum absolute atomic E-state index is 12.5. The molecule has 0 radical (unpaired) electrons. The first kappa shape index (κ1) is 15.7. The molecule has 2 saturated heterocycles. The van der Waals surface area contributed by atoms with Crippen LogP contribution in [-0.2, 0) is 6.54 Å². The van der Waals surface area contributed by atoms with Gasteiger partial charge in [0.1, 0.15) is 0 Å². The number of halogens is 1. The smallest absolute Gasteiger partial charge is 0.322 e. The number of aromatic nitrogens is 2. The summed E-state index contributed by atoms with van der Waals surface area (Å²) in [5.74, 6) is 1.14. The van der Waals surface area contributed by atoms with Crippen molar-refractivity contribution in [2.45, 2.75) is 13.5 Å². The number of nitrogens with zero attached hydrogens (tertiary/aromatic N) is 4. The van der Waals surface area contributed by atoms with Gasteiger partial charge in [0, 0.05) is 43.9 Å². The molecule has 3 heterocycles. The molecule has 2 atom stereocenters.